The monoisotopic (exact) mass is 2140 g/mol. The van der Waals surface area contributed by atoms with Gasteiger partial charge in [-0.2, -0.15) is 0 Å². The topological polar surface area (TPSA) is 1190 Å². The van der Waals surface area contributed by atoms with E-state index >= 15 is 0 Å². The van der Waals surface area contributed by atoms with Crippen molar-refractivity contribution in [3.8, 4) is 0 Å². The molecule has 0 saturated carbocycles. The number of hydrogen-bond donors (Lipinski definition) is 50. The summed E-state index contributed by atoms with van der Waals surface area (Å²) < 4.78 is 0. The summed E-state index contributed by atoms with van der Waals surface area (Å²) in [7, 11) is 0. The molecule has 0 radical (unpaired) electrons. The molecule has 0 spiro atoms. The molecule has 7 rings (SSSR count). The molecule has 0 saturated heterocycles. The quantitative estimate of drug-likeness (QED) is 0.0168. The first-order valence-corrected chi connectivity index (χ1v) is 44.4. The van der Waals surface area contributed by atoms with Crippen LogP contribution in [-0.4, -0.2) is 589 Å². The predicted molar refractivity (Wildman–Crippen MR) is 484 cm³/mol. The molecule has 7 aromatic rings. The van der Waals surface area contributed by atoms with Crippen molar-refractivity contribution < 1.29 is 255 Å². The van der Waals surface area contributed by atoms with Crippen molar-refractivity contribution in [2.75, 3.05) is 92.5 Å². The average Bonchev–Trinajstić information content (AvgIpc) is 0.841. The van der Waals surface area contributed by atoms with Gasteiger partial charge in [-0.25, -0.2) is 0 Å². The molecule has 64 heteroatoms. The minimum Gasteiger partial charge on any atom is -0.394 e. The fourth-order valence-corrected chi connectivity index (χ4v) is 11.3. The van der Waals surface area contributed by atoms with E-state index in [-0.39, 0.29) is 101 Å². The van der Waals surface area contributed by atoms with Crippen LogP contribution in [0.5, 0.6) is 0 Å². The fourth-order valence-electron chi connectivity index (χ4n) is 11.3. The standard InChI is InChI=1S/C12H20N2O8.6C12H20N2O7/c15-3-7(17)11(21)9(19)5-1-13-6(2-14-5)10(20)12(22)8(18)4-16;3*15-4-9(18)8(17)1-6-2-14-7(3-13-6)11(20)12(21)10(19)5-16;3*15-4-9(18)8(17)1-6-2-13-3-7(14-6)11(20)12(21)10(19)5-16/h1-2,7-12,15-22H,3-4H2;6*2-3,8-12,15-21H,1,4-5H2/t7-,8-,9-,10-,11-,12-;8-,9+,10+,11+,12+;2*8-,9-,10-,11-,12+;8-,9+,10+,11+,12+;2*8-,9-,10-,11-,12+/m0110110/s1. The summed E-state index contributed by atoms with van der Waals surface area (Å²) in [5.74, 6) is 0. The van der Waals surface area contributed by atoms with Crippen LogP contribution in [0.3, 0.4) is 0 Å². The van der Waals surface area contributed by atoms with Gasteiger partial charge in [0.25, 0.3) is 0 Å². The highest BCUT2D eigenvalue weighted by molar-refractivity contribution is 5.16. The average molecular weight is 2150 g/mol. The molecule has 0 fully saturated rings. The second-order valence-corrected chi connectivity index (χ2v) is 32.6. The van der Waals surface area contributed by atoms with Crippen LogP contribution in [0.15, 0.2) is 86.8 Å². The lowest BCUT2D eigenvalue weighted by molar-refractivity contribution is -0.0808. The Kier molecular flexibility index (Phi) is 67.8. The van der Waals surface area contributed by atoms with Crippen LogP contribution in [0.1, 0.15) is 129 Å². The zero-order chi connectivity index (χ0) is 113. The largest absolute Gasteiger partial charge is 0.394 e. The summed E-state index contributed by atoms with van der Waals surface area (Å²) in [6.07, 6.45) is -37.2. The van der Waals surface area contributed by atoms with E-state index in [1.54, 1.807) is 0 Å². The van der Waals surface area contributed by atoms with Crippen molar-refractivity contribution in [1.82, 2.24) is 69.8 Å². The molecule has 36 atom stereocenters. The second kappa shape index (κ2) is 73.0. The highest BCUT2D eigenvalue weighted by atomic mass is 16.4. The second-order valence-electron chi connectivity index (χ2n) is 32.6. The van der Waals surface area contributed by atoms with Gasteiger partial charge in [0.1, 0.15) is 183 Å². The van der Waals surface area contributed by atoms with Crippen molar-refractivity contribution in [3.63, 3.8) is 0 Å². The number of aliphatic hydroxyl groups is 50. The lowest BCUT2D eigenvalue weighted by atomic mass is 10.0. The number of hydrogen-bond acceptors (Lipinski definition) is 64. The van der Waals surface area contributed by atoms with E-state index in [2.05, 4.69) is 69.8 Å². The molecular weight excluding hydrogens is 2000 g/mol. The van der Waals surface area contributed by atoms with Crippen LogP contribution >= 0.6 is 0 Å². The molecule has 0 aliphatic carbocycles. The molecule has 7 heterocycles. The van der Waals surface area contributed by atoms with Crippen LogP contribution < -0.4 is 0 Å². The molecule has 0 bridgehead atoms. The van der Waals surface area contributed by atoms with Crippen LogP contribution in [0.4, 0.5) is 0 Å². The molecule has 0 aliphatic heterocycles. The third-order valence-electron chi connectivity index (χ3n) is 20.9. The smallest absolute Gasteiger partial charge is 0.126 e. The van der Waals surface area contributed by atoms with Gasteiger partial charge in [0.15, 0.2) is 0 Å². The van der Waals surface area contributed by atoms with Crippen molar-refractivity contribution in [2.45, 2.75) is 258 Å². The van der Waals surface area contributed by atoms with Gasteiger partial charge in [-0.05, 0) is 0 Å². The lowest BCUT2D eigenvalue weighted by Gasteiger charge is -2.22. The maximum absolute atomic E-state index is 9.83. The van der Waals surface area contributed by atoms with Gasteiger partial charge in [0.2, 0.25) is 0 Å². The molecule has 148 heavy (non-hydrogen) atoms. The van der Waals surface area contributed by atoms with Crippen LogP contribution in [-0.2, 0) is 38.5 Å². The van der Waals surface area contributed by atoms with E-state index in [4.69, 9.17) is 71.5 Å². The molecule has 846 valence electrons. The normalized spacial score (nSPS) is 19.0. The number of aliphatic hydroxyl groups excluding tert-OH is 50. The zero-order valence-electron chi connectivity index (χ0n) is 78.6. The van der Waals surface area contributed by atoms with Gasteiger partial charge in [-0.15, -0.1) is 0 Å². The van der Waals surface area contributed by atoms with E-state index in [0.717, 1.165) is 49.6 Å². The first kappa shape index (κ1) is 138. The maximum atomic E-state index is 9.83. The summed E-state index contributed by atoms with van der Waals surface area (Å²) in [4.78, 5) is 53.8. The summed E-state index contributed by atoms with van der Waals surface area (Å²) in [5, 5.41) is 463. The highest BCUT2D eigenvalue weighted by Crippen LogP contribution is 2.27. The third-order valence-corrected chi connectivity index (χ3v) is 20.9. The zero-order valence-corrected chi connectivity index (χ0v) is 78.6. The van der Waals surface area contributed by atoms with Crippen LogP contribution in [0.25, 0.3) is 0 Å². The molecule has 64 nitrogen and oxygen atoms in total. The first-order chi connectivity index (χ1) is 69.7. The van der Waals surface area contributed by atoms with E-state index in [9.17, 15) is 184 Å². The lowest BCUT2D eigenvalue weighted by Crippen LogP contribution is -2.36. The van der Waals surface area contributed by atoms with Gasteiger partial charge >= 0.3 is 0 Å². The van der Waals surface area contributed by atoms with Gasteiger partial charge in [0.05, 0.1) is 258 Å². The Balaban J connectivity index is 0.000000863. The molecule has 0 aromatic carbocycles. The van der Waals surface area contributed by atoms with Gasteiger partial charge in [-0.3, -0.25) is 69.8 Å². The fraction of sp³-hybridized carbons (Fsp3) is 0.667. The molecular formula is C84H140N14O50. The highest BCUT2D eigenvalue weighted by Gasteiger charge is 2.36. The summed E-state index contributed by atoms with van der Waals surface area (Å²) in [6.45, 7) is -9.44. The number of nitrogens with zero attached hydrogens (tertiary/aromatic N) is 14. The molecule has 50 N–H and O–H groups in total. The Morgan fingerprint density at radius 3 is 0.385 bits per heavy atom. The maximum Gasteiger partial charge on any atom is 0.126 e. The third kappa shape index (κ3) is 47.0. The van der Waals surface area contributed by atoms with Gasteiger partial charge in [0, 0.05) is 75.7 Å². The SMILES string of the molecule is OC[C@@H](O)[C@H](O)[C@H](O)c1cnc(C[C@@H](O)[C@H](O)CO)cn1.OC[C@@H](O)[C@H](O)[C@H](O)c1cncc(C[C@@H](O)[C@H](O)CO)n1.OC[C@H](O)[C@@H](O)[C@@H](O)c1cnc(C[C@H](O)[C@@H](O)CO)cn1.OC[C@H](O)[C@@H](O)[C@@H](O)c1cncc(C[C@H](O)[C@@H](O)CO)n1.OC[C@H](O)[C@H](O)[C@@H](O)c1cnc(C[C@@H](O)[C@@H](O)CO)cn1.OC[C@H](O)[C@H](O)[C@@H](O)c1cnc([C@H](O)[C@@H](O)[C@@H](O)CO)cn1.OC[C@H](O)[C@H](O)[C@@H](O)c1cncc(C[C@@H](O)[C@@H](O)CO)n1. The van der Waals surface area contributed by atoms with Crippen molar-refractivity contribution in [3.05, 3.63) is 166 Å². The number of aromatic nitrogens is 14. The Hall–Kier alpha value is -8.44. The van der Waals surface area contributed by atoms with E-state index in [1.807, 2.05) is 0 Å². The Labute approximate surface area is 839 Å². The summed E-state index contributed by atoms with van der Waals surface area (Å²) >= 11 is 0. The van der Waals surface area contributed by atoms with E-state index in [1.165, 1.54) is 37.2 Å². The van der Waals surface area contributed by atoms with Crippen LogP contribution in [0, 0.1) is 0 Å². The minimum absolute atomic E-state index is 0.0176. The molecule has 7 aromatic heterocycles. The van der Waals surface area contributed by atoms with E-state index < -0.39 is 312 Å². The Morgan fingerprint density at radius 1 is 0.128 bits per heavy atom. The summed E-state index contributed by atoms with van der Waals surface area (Å²) in [5.41, 5.74) is 1.10. The Morgan fingerprint density at radius 2 is 0.257 bits per heavy atom. The van der Waals surface area contributed by atoms with Crippen LogP contribution in [0.2, 0.25) is 0 Å². The van der Waals surface area contributed by atoms with E-state index in [0.29, 0.717) is 17.1 Å². The molecule has 0 unspecified atom stereocenters. The minimum atomic E-state index is -1.68. The Bertz CT molecular complexity index is 4150. The van der Waals surface area contributed by atoms with Crippen molar-refractivity contribution >= 4 is 0 Å². The van der Waals surface area contributed by atoms with Gasteiger partial charge < -0.3 is 255 Å². The predicted octanol–water partition coefficient (Wildman–Crippen LogP) is -25.1. The van der Waals surface area contributed by atoms with Crippen molar-refractivity contribution in [1.29, 1.82) is 0 Å². The molecule has 0 aliphatic rings. The molecule has 0 amide bonds. The van der Waals surface area contributed by atoms with Gasteiger partial charge in [-0.1, -0.05) is 0 Å². The van der Waals surface area contributed by atoms with Crippen molar-refractivity contribution in [2.24, 2.45) is 0 Å². The number of rotatable bonds is 56. The first-order valence-electron chi connectivity index (χ1n) is 44.4. The summed E-state index contributed by atoms with van der Waals surface area (Å²) in [6, 6.07) is 0.